The molecule has 1 aromatic heterocycles. The van der Waals surface area contributed by atoms with Crippen molar-refractivity contribution in [2.75, 3.05) is 7.11 Å². The molecule has 0 unspecified atom stereocenters. The van der Waals surface area contributed by atoms with E-state index in [4.69, 9.17) is 9.47 Å². The molecule has 0 bridgehead atoms. The van der Waals surface area contributed by atoms with Crippen LogP contribution in [0.1, 0.15) is 5.56 Å². The van der Waals surface area contributed by atoms with Crippen molar-refractivity contribution in [3.05, 3.63) is 36.3 Å². The summed E-state index contributed by atoms with van der Waals surface area (Å²) in [5.41, 5.74) is 1.12. The van der Waals surface area contributed by atoms with Gasteiger partial charge in [0.15, 0.2) is 0 Å². The lowest BCUT2D eigenvalue weighted by Gasteiger charge is -2.01. The van der Waals surface area contributed by atoms with Crippen molar-refractivity contribution in [1.82, 2.24) is 0 Å². The molecule has 2 aromatic rings. The van der Waals surface area contributed by atoms with Crippen molar-refractivity contribution in [2.24, 2.45) is 0 Å². The van der Waals surface area contributed by atoms with Crippen LogP contribution in [-0.2, 0) is 11.3 Å². The van der Waals surface area contributed by atoms with Gasteiger partial charge in [-0.3, -0.25) is 0 Å². The van der Waals surface area contributed by atoms with Gasteiger partial charge < -0.3 is 9.47 Å². The molecule has 73 valence electrons. The lowest BCUT2D eigenvalue weighted by molar-refractivity contribution is 0.229. The molecule has 0 saturated carbocycles. The first-order valence-corrected chi connectivity index (χ1v) is 5.14. The standard InChI is InChI=1S/C11H11O2S/c1-12-6-8-3-4-11-9(5-8)10(13-2)7-14-11/h3-5,7H,1,6H2,2H3. The second-order valence-electron chi connectivity index (χ2n) is 2.98. The maximum Gasteiger partial charge on any atom is 0.137 e. The fourth-order valence-electron chi connectivity index (χ4n) is 1.42. The Hall–Kier alpha value is -1.06. The SMILES string of the molecule is [CH2]OCc1ccc2scc(OC)c2c1. The number of rotatable bonds is 3. The molecule has 1 aromatic carbocycles. The number of methoxy groups -OCH3 is 1. The third-order valence-corrected chi connectivity index (χ3v) is 3.03. The first-order chi connectivity index (χ1) is 6.85. The molecule has 0 fully saturated rings. The summed E-state index contributed by atoms with van der Waals surface area (Å²) in [4.78, 5) is 0. The number of hydrogen-bond acceptors (Lipinski definition) is 3. The average Bonchev–Trinajstić information content (AvgIpc) is 2.60. The Morgan fingerprint density at radius 2 is 2.29 bits per heavy atom. The summed E-state index contributed by atoms with van der Waals surface area (Å²) in [5.74, 6) is 0.927. The second-order valence-corrected chi connectivity index (χ2v) is 3.89. The Kier molecular flexibility index (Phi) is 2.70. The molecule has 0 aliphatic rings. The molecule has 1 heterocycles. The highest BCUT2D eigenvalue weighted by molar-refractivity contribution is 7.17. The van der Waals surface area contributed by atoms with Gasteiger partial charge in [0, 0.05) is 15.5 Å². The largest absolute Gasteiger partial charge is 0.495 e. The van der Waals surface area contributed by atoms with Crippen LogP contribution in [-0.4, -0.2) is 7.11 Å². The molecule has 0 aliphatic heterocycles. The quantitative estimate of drug-likeness (QED) is 0.769. The van der Waals surface area contributed by atoms with Crippen LogP contribution < -0.4 is 4.74 Å². The molecule has 14 heavy (non-hydrogen) atoms. The highest BCUT2D eigenvalue weighted by Gasteiger charge is 2.04. The van der Waals surface area contributed by atoms with Gasteiger partial charge in [0.1, 0.15) is 5.75 Å². The van der Waals surface area contributed by atoms with Crippen molar-refractivity contribution in [2.45, 2.75) is 6.61 Å². The Labute approximate surface area is 87.1 Å². The molecule has 0 amide bonds. The van der Waals surface area contributed by atoms with Crippen molar-refractivity contribution in [3.8, 4) is 5.75 Å². The molecule has 2 rings (SSSR count). The van der Waals surface area contributed by atoms with Crippen LogP contribution in [0.5, 0.6) is 5.75 Å². The van der Waals surface area contributed by atoms with Gasteiger partial charge in [-0.25, -0.2) is 0 Å². The van der Waals surface area contributed by atoms with Crippen LogP contribution in [0.25, 0.3) is 10.1 Å². The Morgan fingerprint density at radius 1 is 1.43 bits per heavy atom. The maximum absolute atomic E-state index is 5.25. The summed E-state index contributed by atoms with van der Waals surface area (Å²) < 4.78 is 11.3. The average molecular weight is 207 g/mol. The molecule has 0 atom stereocenters. The Morgan fingerprint density at radius 3 is 3.00 bits per heavy atom. The first-order valence-electron chi connectivity index (χ1n) is 4.26. The number of fused-ring (bicyclic) bond motifs is 1. The van der Waals surface area contributed by atoms with E-state index in [0.717, 1.165) is 16.7 Å². The van der Waals surface area contributed by atoms with Gasteiger partial charge >= 0.3 is 0 Å². The molecule has 3 heteroatoms. The maximum atomic E-state index is 5.25. The third kappa shape index (κ3) is 1.61. The van der Waals surface area contributed by atoms with Gasteiger partial charge in [-0.15, -0.1) is 11.3 Å². The fourth-order valence-corrected chi connectivity index (χ4v) is 2.31. The monoisotopic (exact) mass is 207 g/mol. The molecule has 1 radical (unpaired) electrons. The molecule has 0 N–H and O–H groups in total. The van der Waals surface area contributed by atoms with Gasteiger partial charge in [0.25, 0.3) is 0 Å². The van der Waals surface area contributed by atoms with E-state index in [0.29, 0.717) is 6.61 Å². The van der Waals surface area contributed by atoms with E-state index >= 15 is 0 Å². The van der Waals surface area contributed by atoms with Gasteiger partial charge in [0.2, 0.25) is 0 Å². The normalized spacial score (nSPS) is 10.7. The molecular formula is C11H11O2S. The van der Waals surface area contributed by atoms with Crippen LogP contribution >= 0.6 is 11.3 Å². The smallest absolute Gasteiger partial charge is 0.137 e. The molecule has 0 saturated heterocycles. The van der Waals surface area contributed by atoms with Crippen LogP contribution in [0.2, 0.25) is 0 Å². The van der Waals surface area contributed by atoms with Crippen LogP contribution in [0.3, 0.4) is 0 Å². The summed E-state index contributed by atoms with van der Waals surface area (Å²) in [6, 6.07) is 6.20. The highest BCUT2D eigenvalue weighted by Crippen LogP contribution is 2.32. The molecule has 0 spiro atoms. The zero-order valence-corrected chi connectivity index (χ0v) is 8.76. The number of benzene rings is 1. The minimum atomic E-state index is 0.537. The second kappa shape index (κ2) is 3.98. The van der Waals surface area contributed by atoms with Crippen molar-refractivity contribution < 1.29 is 9.47 Å². The Bertz CT molecular complexity index is 434. The molecule has 0 aliphatic carbocycles. The van der Waals surface area contributed by atoms with E-state index in [-0.39, 0.29) is 0 Å². The van der Waals surface area contributed by atoms with Gasteiger partial charge in [-0.1, -0.05) is 6.07 Å². The van der Waals surface area contributed by atoms with Gasteiger partial charge in [-0.2, -0.15) is 0 Å². The summed E-state index contributed by atoms with van der Waals surface area (Å²) in [6.07, 6.45) is 0. The van der Waals surface area contributed by atoms with Crippen LogP contribution in [0, 0.1) is 7.11 Å². The number of thiophene rings is 1. The van der Waals surface area contributed by atoms with Gasteiger partial charge in [0.05, 0.1) is 20.8 Å². The number of ether oxygens (including phenoxy) is 2. The van der Waals surface area contributed by atoms with E-state index in [2.05, 4.69) is 19.2 Å². The van der Waals surface area contributed by atoms with E-state index in [9.17, 15) is 0 Å². The zero-order valence-electron chi connectivity index (χ0n) is 7.95. The number of hydrogen-bond donors (Lipinski definition) is 0. The third-order valence-electron chi connectivity index (χ3n) is 2.09. The summed E-state index contributed by atoms with van der Waals surface area (Å²) in [6.45, 7) is 0.537. The van der Waals surface area contributed by atoms with Crippen LogP contribution in [0.15, 0.2) is 23.6 Å². The van der Waals surface area contributed by atoms with E-state index in [1.165, 1.54) is 4.70 Å². The van der Waals surface area contributed by atoms with Crippen molar-refractivity contribution in [3.63, 3.8) is 0 Å². The summed E-state index contributed by atoms with van der Waals surface area (Å²) in [5, 5.41) is 3.16. The first kappa shape index (κ1) is 9.49. The van der Waals surface area contributed by atoms with Crippen LogP contribution in [0.4, 0.5) is 0 Å². The molecular weight excluding hydrogens is 196 g/mol. The predicted octanol–water partition coefficient (Wildman–Crippen LogP) is 3.22. The van der Waals surface area contributed by atoms with Crippen molar-refractivity contribution in [1.29, 1.82) is 0 Å². The van der Waals surface area contributed by atoms with Crippen molar-refractivity contribution >= 4 is 21.4 Å². The Balaban J connectivity index is 2.50. The lowest BCUT2D eigenvalue weighted by atomic mass is 10.2. The summed E-state index contributed by atoms with van der Waals surface area (Å²) >= 11 is 1.68. The fraction of sp³-hybridized carbons (Fsp3) is 0.182. The van der Waals surface area contributed by atoms with E-state index in [1.54, 1.807) is 18.4 Å². The minimum Gasteiger partial charge on any atom is -0.495 e. The van der Waals surface area contributed by atoms with Gasteiger partial charge in [-0.05, 0) is 17.7 Å². The van der Waals surface area contributed by atoms with E-state index < -0.39 is 0 Å². The lowest BCUT2D eigenvalue weighted by Crippen LogP contribution is -1.85. The summed E-state index contributed by atoms with van der Waals surface area (Å²) in [7, 11) is 5.05. The highest BCUT2D eigenvalue weighted by atomic mass is 32.1. The topological polar surface area (TPSA) is 18.5 Å². The van der Waals surface area contributed by atoms with E-state index in [1.807, 2.05) is 11.4 Å². The zero-order chi connectivity index (χ0) is 9.97. The minimum absolute atomic E-state index is 0.537. The predicted molar refractivity (Wildman–Crippen MR) is 58.5 cm³/mol. The molecule has 2 nitrogen and oxygen atoms in total.